The molecule has 0 saturated carbocycles. The van der Waals surface area contributed by atoms with Gasteiger partial charge in [0, 0.05) is 22.1 Å². The lowest BCUT2D eigenvalue weighted by atomic mass is 9.97. The highest BCUT2D eigenvalue weighted by atomic mass is 16.3. The van der Waals surface area contributed by atoms with Gasteiger partial charge in [-0.3, -0.25) is 0 Å². The zero-order valence-corrected chi connectivity index (χ0v) is 25.1. The number of benzene rings is 5. The van der Waals surface area contributed by atoms with Crippen LogP contribution in [0.25, 0.3) is 55.8 Å². The van der Waals surface area contributed by atoms with Gasteiger partial charge in [0.05, 0.1) is 48.1 Å². The molecule has 0 radical (unpaired) electrons. The molecule has 1 atom stereocenters. The average Bonchev–Trinajstić information content (AvgIpc) is 3.61. The second-order valence-electron chi connectivity index (χ2n) is 11.5. The fraction of sp³-hybridized carbons (Fsp3) is 0.125. The smallest absolute Gasteiger partial charge is 0.0963 e. The largest absolute Gasteiger partial charge is 0.389 e. The van der Waals surface area contributed by atoms with Crippen LogP contribution in [0.3, 0.4) is 0 Å². The molecule has 0 saturated heterocycles. The van der Waals surface area contributed by atoms with E-state index in [1.165, 1.54) is 27.6 Å². The lowest BCUT2D eigenvalue weighted by Crippen LogP contribution is -2.23. The summed E-state index contributed by atoms with van der Waals surface area (Å²) in [5.74, 6) is 0. The first-order chi connectivity index (χ1) is 21.6. The first-order valence-electron chi connectivity index (χ1n) is 15.2. The third-order valence-corrected chi connectivity index (χ3v) is 8.33. The van der Waals surface area contributed by atoms with Crippen molar-refractivity contribution in [1.82, 2.24) is 14.1 Å². The van der Waals surface area contributed by atoms with Gasteiger partial charge in [-0.05, 0) is 36.6 Å². The van der Waals surface area contributed by atoms with Gasteiger partial charge >= 0.3 is 0 Å². The fourth-order valence-corrected chi connectivity index (χ4v) is 6.58. The number of fused-ring (bicyclic) bond motifs is 1. The zero-order chi connectivity index (χ0) is 30.0. The summed E-state index contributed by atoms with van der Waals surface area (Å²) < 4.78 is 4.44. The SMILES string of the molecule is Cc1cc(C)c2c(c1)c(-c1ccccc1)c(-c1ccccc1)n2C[C@@H](O)Cn1cnc(-c2ccccc2)c1-c1ccccc1. The molecule has 0 aliphatic rings. The van der Waals surface area contributed by atoms with Crippen LogP contribution in [-0.2, 0) is 13.1 Å². The van der Waals surface area contributed by atoms with Gasteiger partial charge in [-0.2, -0.15) is 0 Å². The van der Waals surface area contributed by atoms with Crippen LogP contribution >= 0.6 is 0 Å². The van der Waals surface area contributed by atoms with Crippen molar-refractivity contribution < 1.29 is 5.11 Å². The van der Waals surface area contributed by atoms with Crippen molar-refractivity contribution in [3.63, 3.8) is 0 Å². The lowest BCUT2D eigenvalue weighted by molar-refractivity contribution is 0.137. The van der Waals surface area contributed by atoms with E-state index in [0.29, 0.717) is 13.1 Å². The normalized spacial score (nSPS) is 12.1. The molecule has 2 heterocycles. The Labute approximate surface area is 258 Å². The van der Waals surface area contributed by atoms with Crippen LogP contribution in [0, 0.1) is 13.8 Å². The number of hydrogen-bond acceptors (Lipinski definition) is 2. The number of aliphatic hydroxyl groups excluding tert-OH is 1. The van der Waals surface area contributed by atoms with E-state index in [-0.39, 0.29) is 0 Å². The molecule has 0 aliphatic carbocycles. The van der Waals surface area contributed by atoms with Crippen LogP contribution in [0.15, 0.2) is 140 Å². The van der Waals surface area contributed by atoms with E-state index >= 15 is 0 Å². The minimum absolute atomic E-state index is 0.406. The Kier molecular flexibility index (Phi) is 7.43. The fourth-order valence-electron chi connectivity index (χ4n) is 6.58. The van der Waals surface area contributed by atoms with Gasteiger partial charge in [0.15, 0.2) is 0 Å². The first-order valence-corrected chi connectivity index (χ1v) is 15.2. The molecule has 1 N–H and O–H groups in total. The second-order valence-corrected chi connectivity index (χ2v) is 11.5. The Morgan fingerprint density at radius 2 is 1.14 bits per heavy atom. The van der Waals surface area contributed by atoms with Crippen molar-refractivity contribution in [2.24, 2.45) is 0 Å². The summed E-state index contributed by atoms with van der Waals surface area (Å²) in [4.78, 5) is 4.85. The summed E-state index contributed by atoms with van der Waals surface area (Å²) in [6, 6.07) is 46.3. The standard InChI is InChI=1S/C40H35N3O/c1-28-23-29(2)38-35(24-28)36(30-15-7-3-8-16-30)39(32-19-11-5-12-20-32)43(38)26-34(44)25-42-27-41-37(31-17-9-4-10-18-31)40(42)33-21-13-6-14-22-33/h3-24,27,34,44H,25-26H2,1-2H3/t34-/m0/s1. The van der Waals surface area contributed by atoms with E-state index in [2.05, 4.69) is 120 Å². The van der Waals surface area contributed by atoms with Crippen LogP contribution in [0.4, 0.5) is 0 Å². The molecule has 2 aromatic heterocycles. The Morgan fingerprint density at radius 3 is 1.73 bits per heavy atom. The molecule has 0 spiro atoms. The summed E-state index contributed by atoms with van der Waals surface area (Å²) in [5, 5.41) is 13.1. The topological polar surface area (TPSA) is 43.0 Å². The van der Waals surface area contributed by atoms with Crippen molar-refractivity contribution in [3.8, 4) is 44.9 Å². The van der Waals surface area contributed by atoms with Gasteiger partial charge in [0.1, 0.15) is 0 Å². The van der Waals surface area contributed by atoms with E-state index in [1.807, 2.05) is 42.7 Å². The first kappa shape index (κ1) is 27.6. The molecule has 4 heteroatoms. The van der Waals surface area contributed by atoms with Crippen molar-refractivity contribution in [3.05, 3.63) is 151 Å². The molecule has 0 amide bonds. The Bertz CT molecular complexity index is 2030. The van der Waals surface area contributed by atoms with Crippen LogP contribution in [0.2, 0.25) is 0 Å². The van der Waals surface area contributed by atoms with Gasteiger partial charge in [-0.15, -0.1) is 0 Å². The molecule has 216 valence electrons. The number of imidazole rings is 1. The van der Waals surface area contributed by atoms with Crippen molar-refractivity contribution in [2.45, 2.75) is 33.0 Å². The third-order valence-electron chi connectivity index (χ3n) is 8.33. The Hall–Kier alpha value is -5.19. The van der Waals surface area contributed by atoms with Gasteiger partial charge in [0.2, 0.25) is 0 Å². The van der Waals surface area contributed by atoms with E-state index in [0.717, 1.165) is 39.3 Å². The van der Waals surface area contributed by atoms with Gasteiger partial charge in [0.25, 0.3) is 0 Å². The number of aliphatic hydroxyl groups is 1. The highest BCUT2D eigenvalue weighted by Gasteiger charge is 2.24. The van der Waals surface area contributed by atoms with Crippen molar-refractivity contribution >= 4 is 10.9 Å². The minimum Gasteiger partial charge on any atom is -0.389 e. The molecule has 7 aromatic rings. The Balaban J connectivity index is 1.36. The van der Waals surface area contributed by atoms with Crippen molar-refractivity contribution in [2.75, 3.05) is 0 Å². The molecule has 0 bridgehead atoms. The van der Waals surface area contributed by atoms with E-state index in [1.54, 1.807) is 0 Å². The van der Waals surface area contributed by atoms with E-state index in [9.17, 15) is 5.11 Å². The van der Waals surface area contributed by atoms with Crippen LogP contribution < -0.4 is 0 Å². The lowest BCUT2D eigenvalue weighted by Gasteiger charge is -2.19. The number of hydrogen-bond donors (Lipinski definition) is 1. The van der Waals surface area contributed by atoms with Gasteiger partial charge in [-0.25, -0.2) is 4.98 Å². The Morgan fingerprint density at radius 1 is 0.614 bits per heavy atom. The zero-order valence-electron chi connectivity index (χ0n) is 25.1. The quantitative estimate of drug-likeness (QED) is 0.197. The molecule has 7 rings (SSSR count). The summed E-state index contributed by atoms with van der Waals surface area (Å²) in [5.41, 5.74) is 12.3. The molecule has 5 aromatic carbocycles. The maximum Gasteiger partial charge on any atom is 0.0963 e. The monoisotopic (exact) mass is 573 g/mol. The molecule has 44 heavy (non-hydrogen) atoms. The molecule has 0 fully saturated rings. The van der Waals surface area contributed by atoms with Crippen LogP contribution in [0.1, 0.15) is 11.1 Å². The molecule has 4 nitrogen and oxygen atoms in total. The molecule has 0 aliphatic heterocycles. The highest BCUT2D eigenvalue weighted by Crippen LogP contribution is 2.43. The number of rotatable bonds is 8. The number of aromatic nitrogens is 3. The highest BCUT2D eigenvalue weighted by molar-refractivity contribution is 6.06. The van der Waals surface area contributed by atoms with E-state index < -0.39 is 6.10 Å². The van der Waals surface area contributed by atoms with Crippen LogP contribution in [0.5, 0.6) is 0 Å². The average molecular weight is 574 g/mol. The maximum atomic E-state index is 11.9. The maximum absolute atomic E-state index is 11.9. The number of nitrogens with zero attached hydrogens (tertiary/aromatic N) is 3. The third kappa shape index (κ3) is 5.14. The summed E-state index contributed by atoms with van der Waals surface area (Å²) in [6.45, 7) is 5.18. The molecule has 0 unspecified atom stereocenters. The molecular formula is C40H35N3O. The predicted octanol–water partition coefficient (Wildman–Crippen LogP) is 9.18. The minimum atomic E-state index is -0.669. The van der Waals surface area contributed by atoms with E-state index in [4.69, 9.17) is 4.98 Å². The summed E-state index contributed by atoms with van der Waals surface area (Å²) in [6.07, 6.45) is 1.20. The predicted molar refractivity (Wildman–Crippen MR) is 181 cm³/mol. The number of aryl methyl sites for hydroxylation is 2. The second kappa shape index (κ2) is 11.8. The summed E-state index contributed by atoms with van der Waals surface area (Å²) in [7, 11) is 0. The van der Waals surface area contributed by atoms with Gasteiger partial charge < -0.3 is 14.2 Å². The summed E-state index contributed by atoms with van der Waals surface area (Å²) >= 11 is 0. The van der Waals surface area contributed by atoms with Crippen LogP contribution in [-0.4, -0.2) is 25.3 Å². The van der Waals surface area contributed by atoms with Crippen molar-refractivity contribution in [1.29, 1.82) is 0 Å². The molecular weight excluding hydrogens is 538 g/mol. The van der Waals surface area contributed by atoms with Gasteiger partial charge in [-0.1, -0.05) is 133 Å².